The van der Waals surface area contributed by atoms with Crippen LogP contribution >= 0.6 is 12.2 Å². The van der Waals surface area contributed by atoms with Crippen molar-refractivity contribution in [2.24, 2.45) is 11.7 Å². The van der Waals surface area contributed by atoms with E-state index in [9.17, 15) is 4.39 Å². The summed E-state index contributed by atoms with van der Waals surface area (Å²) in [5, 5.41) is 3.14. The zero-order valence-corrected chi connectivity index (χ0v) is 12.2. The molecule has 0 aliphatic rings. The first-order chi connectivity index (χ1) is 9.02. The highest BCUT2D eigenvalue weighted by Crippen LogP contribution is 2.18. The van der Waals surface area contributed by atoms with Crippen LogP contribution in [0.15, 0.2) is 18.2 Å². The Morgan fingerprint density at radius 3 is 2.84 bits per heavy atom. The van der Waals surface area contributed by atoms with E-state index in [4.69, 9.17) is 22.7 Å². The number of nitrogens with two attached hydrogens (primary N) is 1. The Labute approximate surface area is 119 Å². The highest BCUT2D eigenvalue weighted by Gasteiger charge is 2.10. The first-order valence-electron chi connectivity index (χ1n) is 6.42. The molecule has 0 aliphatic carbocycles. The van der Waals surface area contributed by atoms with Gasteiger partial charge in [-0.2, -0.15) is 0 Å². The van der Waals surface area contributed by atoms with Gasteiger partial charge in [-0.05, 0) is 24.5 Å². The molecule has 1 rings (SSSR count). The Kier molecular flexibility index (Phi) is 6.73. The van der Waals surface area contributed by atoms with Crippen LogP contribution in [0.25, 0.3) is 0 Å². The summed E-state index contributed by atoms with van der Waals surface area (Å²) in [4.78, 5) is 0.0663. The zero-order chi connectivity index (χ0) is 14.3. The summed E-state index contributed by atoms with van der Waals surface area (Å²) in [6, 6.07) is 4.76. The first-order valence-corrected chi connectivity index (χ1v) is 6.83. The Morgan fingerprint density at radius 2 is 2.21 bits per heavy atom. The molecule has 1 aromatic carbocycles. The summed E-state index contributed by atoms with van der Waals surface area (Å²) in [6.07, 6.45) is 0.847. The van der Waals surface area contributed by atoms with Gasteiger partial charge in [0.25, 0.3) is 0 Å². The lowest BCUT2D eigenvalue weighted by Gasteiger charge is -2.12. The van der Waals surface area contributed by atoms with Crippen molar-refractivity contribution in [3.8, 4) is 0 Å². The van der Waals surface area contributed by atoms with Gasteiger partial charge in [0.05, 0.1) is 5.56 Å². The van der Waals surface area contributed by atoms with Gasteiger partial charge in [-0.3, -0.25) is 0 Å². The third-order valence-electron chi connectivity index (χ3n) is 2.49. The van der Waals surface area contributed by atoms with E-state index in [1.165, 1.54) is 6.07 Å². The minimum atomic E-state index is -0.395. The maximum absolute atomic E-state index is 13.6. The molecule has 0 fully saturated rings. The Bertz CT molecular complexity index is 424. The van der Waals surface area contributed by atoms with E-state index in [1.54, 1.807) is 12.1 Å². The van der Waals surface area contributed by atoms with E-state index in [1.807, 2.05) is 0 Å². The second-order valence-electron chi connectivity index (χ2n) is 4.78. The van der Waals surface area contributed by atoms with Crippen molar-refractivity contribution in [2.45, 2.75) is 20.3 Å². The fourth-order valence-corrected chi connectivity index (χ4v) is 1.85. The molecule has 0 amide bonds. The van der Waals surface area contributed by atoms with Crippen molar-refractivity contribution < 1.29 is 9.13 Å². The molecule has 3 nitrogen and oxygen atoms in total. The van der Waals surface area contributed by atoms with Gasteiger partial charge in [0.1, 0.15) is 10.8 Å². The maximum Gasteiger partial charge on any atom is 0.135 e. The number of nitrogens with one attached hydrogen (secondary N) is 1. The minimum absolute atomic E-state index is 0.0663. The Balaban J connectivity index is 2.41. The van der Waals surface area contributed by atoms with E-state index in [0.717, 1.165) is 13.0 Å². The summed E-state index contributed by atoms with van der Waals surface area (Å²) in [5.74, 6) is 0.144. The summed E-state index contributed by atoms with van der Waals surface area (Å²) in [7, 11) is 0. The Hall–Kier alpha value is -1.20. The van der Waals surface area contributed by atoms with E-state index in [-0.39, 0.29) is 10.6 Å². The van der Waals surface area contributed by atoms with E-state index in [0.29, 0.717) is 24.8 Å². The largest absolute Gasteiger partial charge is 0.389 e. The van der Waals surface area contributed by atoms with Crippen molar-refractivity contribution in [1.29, 1.82) is 0 Å². The average Bonchev–Trinajstić information content (AvgIpc) is 2.32. The third-order valence-corrected chi connectivity index (χ3v) is 2.70. The monoisotopic (exact) mass is 284 g/mol. The predicted octanol–water partition coefficient (Wildman–Crippen LogP) is 2.93. The van der Waals surface area contributed by atoms with E-state index < -0.39 is 5.82 Å². The SMILES string of the molecule is CC(C)COCCCNc1cccc(F)c1C(N)=S. The smallest absolute Gasteiger partial charge is 0.135 e. The number of hydrogen-bond acceptors (Lipinski definition) is 3. The molecule has 0 atom stereocenters. The fourth-order valence-electron chi connectivity index (χ4n) is 1.64. The molecule has 1 aromatic rings. The van der Waals surface area contributed by atoms with Crippen LogP contribution < -0.4 is 11.1 Å². The fraction of sp³-hybridized carbons (Fsp3) is 0.500. The number of hydrogen-bond donors (Lipinski definition) is 2. The minimum Gasteiger partial charge on any atom is -0.389 e. The molecule has 0 bridgehead atoms. The number of halogens is 1. The van der Waals surface area contributed by atoms with Gasteiger partial charge in [-0.25, -0.2) is 4.39 Å². The molecule has 0 radical (unpaired) electrons. The van der Waals surface area contributed by atoms with Gasteiger partial charge in [0, 0.05) is 25.4 Å². The summed E-state index contributed by atoms with van der Waals surface area (Å²) < 4.78 is 19.1. The molecule has 0 saturated carbocycles. The van der Waals surface area contributed by atoms with Crippen molar-refractivity contribution >= 4 is 22.9 Å². The topological polar surface area (TPSA) is 47.3 Å². The summed E-state index contributed by atoms with van der Waals surface area (Å²) >= 11 is 4.86. The number of rotatable bonds is 8. The van der Waals surface area contributed by atoms with Crippen LogP contribution in [-0.2, 0) is 4.74 Å². The van der Waals surface area contributed by atoms with Crippen molar-refractivity contribution in [3.05, 3.63) is 29.6 Å². The number of benzene rings is 1. The highest BCUT2D eigenvalue weighted by atomic mass is 32.1. The van der Waals surface area contributed by atoms with Crippen LogP contribution in [-0.4, -0.2) is 24.7 Å². The van der Waals surface area contributed by atoms with Gasteiger partial charge in [0.2, 0.25) is 0 Å². The van der Waals surface area contributed by atoms with Crippen molar-refractivity contribution in [3.63, 3.8) is 0 Å². The molecular weight excluding hydrogens is 263 g/mol. The molecule has 0 spiro atoms. The number of ether oxygens (including phenoxy) is 1. The molecule has 3 N–H and O–H groups in total. The van der Waals surface area contributed by atoms with Gasteiger partial charge >= 0.3 is 0 Å². The zero-order valence-electron chi connectivity index (χ0n) is 11.4. The van der Waals surface area contributed by atoms with Crippen LogP contribution in [0.5, 0.6) is 0 Å². The predicted molar refractivity (Wildman–Crippen MR) is 81.1 cm³/mol. The summed E-state index contributed by atoms with van der Waals surface area (Å²) in [5.41, 5.74) is 6.44. The molecule has 0 aliphatic heterocycles. The molecule has 0 saturated heterocycles. The molecule has 106 valence electrons. The van der Waals surface area contributed by atoms with Gasteiger partial charge in [-0.1, -0.05) is 32.1 Å². The van der Waals surface area contributed by atoms with Gasteiger partial charge in [-0.15, -0.1) is 0 Å². The Morgan fingerprint density at radius 1 is 1.47 bits per heavy atom. The van der Waals surface area contributed by atoms with Gasteiger partial charge in [0.15, 0.2) is 0 Å². The first kappa shape index (κ1) is 15.9. The quantitative estimate of drug-likeness (QED) is 0.569. The van der Waals surface area contributed by atoms with Crippen LogP contribution in [0, 0.1) is 11.7 Å². The molecule has 0 heterocycles. The average molecular weight is 284 g/mol. The maximum atomic E-state index is 13.6. The normalized spacial score (nSPS) is 10.7. The molecule has 0 unspecified atom stereocenters. The molecule has 19 heavy (non-hydrogen) atoms. The van der Waals surface area contributed by atoms with Crippen LogP contribution in [0.4, 0.5) is 10.1 Å². The molecule has 0 aromatic heterocycles. The standard InChI is InChI=1S/C14H21FN2OS/c1-10(2)9-18-8-4-7-17-12-6-3-5-11(15)13(12)14(16)19/h3,5-6,10,17H,4,7-9H2,1-2H3,(H2,16,19). The third kappa shape index (κ3) is 5.53. The second kappa shape index (κ2) is 8.07. The number of anilines is 1. The highest BCUT2D eigenvalue weighted by molar-refractivity contribution is 7.80. The lowest BCUT2D eigenvalue weighted by atomic mass is 10.1. The molecular formula is C14H21FN2OS. The van der Waals surface area contributed by atoms with E-state index >= 15 is 0 Å². The second-order valence-corrected chi connectivity index (χ2v) is 5.22. The van der Waals surface area contributed by atoms with Crippen molar-refractivity contribution in [2.75, 3.05) is 25.1 Å². The lowest BCUT2D eigenvalue weighted by molar-refractivity contribution is 0.110. The van der Waals surface area contributed by atoms with Gasteiger partial charge < -0.3 is 15.8 Å². The number of thiocarbonyl (C=S) groups is 1. The summed E-state index contributed by atoms with van der Waals surface area (Å²) in [6.45, 7) is 6.36. The molecule has 5 heteroatoms. The lowest BCUT2D eigenvalue weighted by Crippen LogP contribution is -2.16. The van der Waals surface area contributed by atoms with Crippen LogP contribution in [0.3, 0.4) is 0 Å². The van der Waals surface area contributed by atoms with Crippen LogP contribution in [0.2, 0.25) is 0 Å². The van der Waals surface area contributed by atoms with Crippen molar-refractivity contribution in [1.82, 2.24) is 0 Å². The van der Waals surface area contributed by atoms with Crippen LogP contribution in [0.1, 0.15) is 25.8 Å². The van der Waals surface area contributed by atoms with E-state index in [2.05, 4.69) is 19.2 Å².